The number of aliphatic carboxylic acids is 1. The minimum atomic E-state index is -1.03. The van der Waals surface area contributed by atoms with Crippen LogP contribution in [0.15, 0.2) is 16.4 Å². The Morgan fingerprint density at radius 3 is 3.07 bits per heavy atom. The van der Waals surface area contributed by atoms with Gasteiger partial charge in [-0.05, 0) is 6.92 Å². The zero-order valence-corrected chi connectivity index (χ0v) is 8.74. The average Bonchev–Trinajstić information content (AvgIpc) is 2.53. The quantitative estimate of drug-likeness (QED) is 0.814. The van der Waals surface area contributed by atoms with Crippen molar-refractivity contribution >= 4 is 22.3 Å². The van der Waals surface area contributed by atoms with Crippen LogP contribution in [0.1, 0.15) is 11.3 Å². The van der Waals surface area contributed by atoms with Gasteiger partial charge in [0, 0.05) is 22.8 Å². The lowest BCUT2D eigenvalue weighted by molar-refractivity contribution is -0.136. The van der Waals surface area contributed by atoms with E-state index in [4.69, 9.17) is 5.11 Å². The molecule has 2 heterocycles. The summed E-state index contributed by atoms with van der Waals surface area (Å²) in [6.45, 7) is 1.79. The first-order valence-corrected chi connectivity index (χ1v) is 5.14. The van der Waals surface area contributed by atoms with Crippen LogP contribution < -0.4 is 5.56 Å². The van der Waals surface area contributed by atoms with E-state index >= 15 is 0 Å². The molecule has 2 rings (SSSR count). The molecule has 15 heavy (non-hydrogen) atoms. The Bertz CT molecular complexity index is 585. The Morgan fingerprint density at radius 2 is 2.40 bits per heavy atom. The Balaban J connectivity index is 2.69. The Kier molecular flexibility index (Phi) is 2.28. The van der Waals surface area contributed by atoms with Gasteiger partial charge in [0.15, 0.2) is 4.96 Å². The van der Waals surface area contributed by atoms with Crippen LogP contribution in [0.2, 0.25) is 0 Å². The first-order valence-electron chi connectivity index (χ1n) is 4.26. The van der Waals surface area contributed by atoms with E-state index in [1.54, 1.807) is 6.92 Å². The number of aromatic nitrogens is 2. The molecule has 0 amide bonds. The van der Waals surface area contributed by atoms with Crippen molar-refractivity contribution in [3.05, 3.63) is 33.2 Å². The maximum atomic E-state index is 11.8. The summed E-state index contributed by atoms with van der Waals surface area (Å²) >= 11 is 1.36. The average molecular weight is 224 g/mol. The summed E-state index contributed by atoms with van der Waals surface area (Å²) in [6, 6.07) is 0. The maximum absolute atomic E-state index is 11.8. The molecule has 0 bridgehead atoms. The molecule has 1 N–H and O–H groups in total. The van der Waals surface area contributed by atoms with E-state index in [1.165, 1.54) is 21.9 Å². The third kappa shape index (κ3) is 1.63. The fraction of sp³-hybridized carbons (Fsp3) is 0.222. The van der Waals surface area contributed by atoms with E-state index in [2.05, 4.69) is 4.98 Å². The third-order valence-electron chi connectivity index (χ3n) is 2.03. The highest BCUT2D eigenvalue weighted by Gasteiger charge is 2.10. The van der Waals surface area contributed by atoms with Crippen LogP contribution in [0, 0.1) is 6.92 Å². The fourth-order valence-corrected chi connectivity index (χ4v) is 2.17. The first-order chi connectivity index (χ1) is 7.09. The molecular formula is C9H8N2O3S. The van der Waals surface area contributed by atoms with E-state index in [9.17, 15) is 9.59 Å². The normalized spacial score (nSPS) is 10.7. The largest absolute Gasteiger partial charge is 0.481 e. The van der Waals surface area contributed by atoms with Crippen molar-refractivity contribution in [1.82, 2.24) is 9.38 Å². The highest BCUT2D eigenvalue weighted by molar-refractivity contribution is 7.15. The van der Waals surface area contributed by atoms with Crippen molar-refractivity contribution in [1.29, 1.82) is 0 Å². The number of rotatable bonds is 2. The summed E-state index contributed by atoms with van der Waals surface area (Å²) in [5, 5.41) is 10.4. The molecule has 0 unspecified atom stereocenters. The van der Waals surface area contributed by atoms with Gasteiger partial charge < -0.3 is 5.11 Å². The summed E-state index contributed by atoms with van der Waals surface area (Å²) in [5.74, 6) is -1.03. The van der Waals surface area contributed by atoms with Gasteiger partial charge in [-0.3, -0.25) is 14.0 Å². The summed E-state index contributed by atoms with van der Waals surface area (Å²) in [7, 11) is 0. The van der Waals surface area contributed by atoms with Crippen LogP contribution in [0.4, 0.5) is 0 Å². The smallest absolute Gasteiger partial charge is 0.308 e. The van der Waals surface area contributed by atoms with Gasteiger partial charge in [0.25, 0.3) is 5.56 Å². The molecule has 78 valence electrons. The summed E-state index contributed by atoms with van der Waals surface area (Å²) in [5.41, 5.74) is 0.697. The number of thiazole rings is 1. The number of carboxylic acid groups (broad SMARTS) is 1. The topological polar surface area (TPSA) is 71.7 Å². The molecule has 0 aromatic carbocycles. The Hall–Kier alpha value is -1.69. The molecule has 0 fully saturated rings. The number of hydrogen-bond donors (Lipinski definition) is 1. The molecule has 2 aromatic heterocycles. The molecule has 0 aliphatic rings. The van der Waals surface area contributed by atoms with Gasteiger partial charge in [-0.2, -0.15) is 0 Å². The second-order valence-electron chi connectivity index (χ2n) is 3.15. The van der Waals surface area contributed by atoms with Crippen molar-refractivity contribution in [2.45, 2.75) is 13.3 Å². The third-order valence-corrected chi connectivity index (χ3v) is 2.99. The minimum Gasteiger partial charge on any atom is -0.481 e. The van der Waals surface area contributed by atoms with Crippen LogP contribution in [-0.2, 0) is 11.2 Å². The Morgan fingerprint density at radius 1 is 1.67 bits per heavy atom. The molecule has 0 atom stereocenters. The van der Waals surface area contributed by atoms with Gasteiger partial charge in [0.2, 0.25) is 0 Å². The van der Waals surface area contributed by atoms with Gasteiger partial charge in [-0.15, -0.1) is 11.3 Å². The lowest BCUT2D eigenvalue weighted by Crippen LogP contribution is -2.21. The molecular weight excluding hydrogens is 216 g/mol. The number of nitrogens with zero attached hydrogens (tertiary/aromatic N) is 2. The number of hydrogen-bond acceptors (Lipinski definition) is 4. The van der Waals surface area contributed by atoms with Crippen molar-refractivity contribution < 1.29 is 9.90 Å². The number of carboxylic acids is 1. The van der Waals surface area contributed by atoms with Gasteiger partial charge in [-0.25, -0.2) is 4.98 Å². The second kappa shape index (κ2) is 3.47. The summed E-state index contributed by atoms with van der Waals surface area (Å²) < 4.78 is 1.43. The molecule has 0 saturated heterocycles. The van der Waals surface area contributed by atoms with E-state index in [1.807, 2.05) is 5.38 Å². The molecule has 5 nitrogen and oxygen atoms in total. The molecule has 0 radical (unpaired) electrons. The van der Waals surface area contributed by atoms with E-state index in [-0.39, 0.29) is 17.5 Å². The maximum Gasteiger partial charge on any atom is 0.308 e. The zero-order chi connectivity index (χ0) is 11.0. The molecule has 2 aromatic rings. The highest BCUT2D eigenvalue weighted by atomic mass is 32.1. The first kappa shape index (κ1) is 9.85. The van der Waals surface area contributed by atoms with Crippen LogP contribution >= 0.6 is 11.3 Å². The lowest BCUT2D eigenvalue weighted by Gasteiger charge is -1.98. The number of aryl methyl sites for hydroxylation is 1. The van der Waals surface area contributed by atoms with E-state index in [0.717, 1.165) is 5.69 Å². The van der Waals surface area contributed by atoms with Gasteiger partial charge in [-0.1, -0.05) is 0 Å². The number of carbonyl (C=O) groups is 1. The monoisotopic (exact) mass is 224 g/mol. The predicted octanol–water partition coefficient (Wildman–Crippen LogP) is 0.692. The summed E-state index contributed by atoms with van der Waals surface area (Å²) in [4.78, 5) is 26.9. The van der Waals surface area contributed by atoms with Crippen LogP contribution in [0.5, 0.6) is 0 Å². The molecule has 0 saturated carbocycles. The Labute approximate surface area is 88.6 Å². The van der Waals surface area contributed by atoms with Crippen LogP contribution in [-0.4, -0.2) is 20.5 Å². The fourth-order valence-electron chi connectivity index (χ4n) is 1.35. The van der Waals surface area contributed by atoms with Crippen LogP contribution in [0.3, 0.4) is 0 Å². The van der Waals surface area contributed by atoms with E-state index in [0.29, 0.717) is 4.96 Å². The lowest BCUT2D eigenvalue weighted by atomic mass is 10.2. The molecule has 6 heteroatoms. The SMILES string of the molecule is Cc1csc2ncc(CC(=O)O)c(=O)n12. The zero-order valence-electron chi connectivity index (χ0n) is 7.93. The second-order valence-corrected chi connectivity index (χ2v) is 3.99. The van der Waals surface area contributed by atoms with Crippen LogP contribution in [0.25, 0.3) is 4.96 Å². The van der Waals surface area contributed by atoms with Crippen molar-refractivity contribution in [3.63, 3.8) is 0 Å². The highest BCUT2D eigenvalue weighted by Crippen LogP contribution is 2.10. The molecule has 0 aliphatic heterocycles. The molecule has 0 aliphatic carbocycles. The van der Waals surface area contributed by atoms with E-state index < -0.39 is 5.97 Å². The van der Waals surface area contributed by atoms with Gasteiger partial charge >= 0.3 is 5.97 Å². The van der Waals surface area contributed by atoms with Crippen molar-refractivity contribution in [3.8, 4) is 0 Å². The standard InChI is InChI=1S/C9H8N2O3S/c1-5-4-15-9-10-3-6(2-7(12)13)8(14)11(5)9/h3-4H,2H2,1H3,(H,12,13). The number of fused-ring (bicyclic) bond motifs is 1. The van der Waals surface area contributed by atoms with Gasteiger partial charge in [0.1, 0.15) is 0 Å². The van der Waals surface area contributed by atoms with Crippen molar-refractivity contribution in [2.24, 2.45) is 0 Å². The van der Waals surface area contributed by atoms with Crippen molar-refractivity contribution in [2.75, 3.05) is 0 Å². The predicted molar refractivity (Wildman–Crippen MR) is 55.4 cm³/mol. The van der Waals surface area contributed by atoms with Gasteiger partial charge in [0.05, 0.1) is 6.42 Å². The summed E-state index contributed by atoms with van der Waals surface area (Å²) in [6.07, 6.45) is 1.05. The minimum absolute atomic E-state index is 0.210. The molecule has 0 spiro atoms.